The number of benzene rings is 1. The molecular weight excluding hydrogens is 324 g/mol. The number of carbonyl (C=O) groups is 1. The molecule has 24 heavy (non-hydrogen) atoms. The number of nitrogens with zero attached hydrogens (tertiary/aromatic N) is 1. The average Bonchev–Trinajstić information content (AvgIpc) is 2.52. The summed E-state index contributed by atoms with van der Waals surface area (Å²) >= 11 is 0. The predicted octanol–water partition coefficient (Wildman–Crippen LogP) is 2.32. The normalized spacial score (nSPS) is 16.1. The third-order valence-electron chi connectivity index (χ3n) is 4.24. The van der Waals surface area contributed by atoms with Crippen LogP contribution in [0, 0.1) is 5.92 Å². The highest BCUT2D eigenvalue weighted by atomic mass is 32.2. The van der Waals surface area contributed by atoms with Gasteiger partial charge in [-0.25, -0.2) is 13.1 Å². The van der Waals surface area contributed by atoms with Crippen molar-refractivity contribution in [3.8, 4) is 0 Å². The number of nitrogens with one attached hydrogen (secondary N) is 1. The number of hydrogen-bond donors (Lipinski definition) is 1. The lowest BCUT2D eigenvalue weighted by Gasteiger charge is -2.32. The van der Waals surface area contributed by atoms with Gasteiger partial charge in [-0.1, -0.05) is 45.0 Å². The summed E-state index contributed by atoms with van der Waals surface area (Å²) in [6.45, 7) is 7.01. The van der Waals surface area contributed by atoms with Gasteiger partial charge in [0.2, 0.25) is 15.9 Å². The molecule has 1 aromatic carbocycles. The Hall–Kier alpha value is -1.40. The average molecular weight is 353 g/mol. The minimum absolute atomic E-state index is 0.0533. The van der Waals surface area contributed by atoms with E-state index in [1.807, 2.05) is 39.0 Å². The first kappa shape index (κ1) is 18.9. The lowest BCUT2D eigenvalue weighted by Crippen LogP contribution is -2.50. The van der Waals surface area contributed by atoms with Crippen LogP contribution in [0.1, 0.15) is 44.7 Å². The van der Waals surface area contributed by atoms with Gasteiger partial charge in [0.1, 0.15) is 6.04 Å². The fourth-order valence-corrected chi connectivity index (χ4v) is 4.41. The third kappa shape index (κ3) is 5.05. The van der Waals surface area contributed by atoms with Crippen molar-refractivity contribution in [2.24, 2.45) is 5.92 Å². The van der Waals surface area contributed by atoms with Crippen molar-refractivity contribution in [3.63, 3.8) is 0 Å². The first-order valence-corrected chi connectivity index (χ1v) is 10.3. The van der Waals surface area contributed by atoms with Crippen molar-refractivity contribution in [2.75, 3.05) is 12.3 Å². The maximum atomic E-state index is 12.9. The van der Waals surface area contributed by atoms with E-state index < -0.39 is 16.1 Å². The number of hydrogen-bond acceptors (Lipinski definition) is 3. The van der Waals surface area contributed by atoms with Crippen LogP contribution in [0.5, 0.6) is 0 Å². The van der Waals surface area contributed by atoms with Crippen LogP contribution in [0.15, 0.2) is 24.3 Å². The monoisotopic (exact) mass is 352 g/mol. The van der Waals surface area contributed by atoms with Crippen LogP contribution in [-0.4, -0.2) is 37.6 Å². The van der Waals surface area contributed by atoms with Gasteiger partial charge in [0, 0.05) is 13.1 Å². The first-order chi connectivity index (χ1) is 11.3. The fraction of sp³-hybridized carbons (Fsp3) is 0.611. The Bertz CT molecular complexity index is 671. The van der Waals surface area contributed by atoms with E-state index in [2.05, 4.69) is 10.8 Å². The van der Waals surface area contributed by atoms with Crippen molar-refractivity contribution in [1.29, 1.82) is 0 Å². The molecule has 0 aliphatic carbocycles. The summed E-state index contributed by atoms with van der Waals surface area (Å²) in [6.07, 6.45) is 1.87. The van der Waals surface area contributed by atoms with Gasteiger partial charge in [-0.05, 0) is 36.3 Å². The van der Waals surface area contributed by atoms with Gasteiger partial charge in [-0.15, -0.1) is 0 Å². The number of sulfonamides is 1. The van der Waals surface area contributed by atoms with E-state index in [9.17, 15) is 13.2 Å². The standard InChI is InChI=1S/C18H28N2O3S/c1-4-11-24(22,23)19-17(12-14(2)3)18(21)20-10-9-15-7-5-6-8-16(15)13-20/h5-8,14,17,19H,4,9-13H2,1-3H3/t17-/m0/s1. The summed E-state index contributed by atoms with van der Waals surface area (Å²) in [4.78, 5) is 14.7. The summed E-state index contributed by atoms with van der Waals surface area (Å²) in [5.41, 5.74) is 2.42. The molecule has 134 valence electrons. The Morgan fingerprint density at radius 1 is 1.25 bits per heavy atom. The molecule has 0 fully saturated rings. The van der Waals surface area contributed by atoms with Gasteiger partial charge in [-0.3, -0.25) is 4.79 Å². The van der Waals surface area contributed by atoms with E-state index in [1.165, 1.54) is 5.56 Å². The van der Waals surface area contributed by atoms with E-state index in [0.29, 0.717) is 25.9 Å². The molecule has 5 nitrogen and oxygen atoms in total. The SMILES string of the molecule is CCCS(=O)(=O)N[C@@H](CC(C)C)C(=O)N1CCc2ccccc2C1. The van der Waals surface area contributed by atoms with Crippen LogP contribution in [0.4, 0.5) is 0 Å². The van der Waals surface area contributed by atoms with E-state index in [1.54, 1.807) is 4.90 Å². The highest BCUT2D eigenvalue weighted by Gasteiger charge is 2.30. The van der Waals surface area contributed by atoms with Gasteiger partial charge in [0.25, 0.3) is 0 Å². The van der Waals surface area contributed by atoms with Gasteiger partial charge < -0.3 is 4.90 Å². The number of carbonyl (C=O) groups excluding carboxylic acids is 1. The Labute approximate surface area is 145 Å². The molecule has 1 aliphatic rings. The summed E-state index contributed by atoms with van der Waals surface area (Å²) in [6, 6.07) is 7.44. The quantitative estimate of drug-likeness (QED) is 0.819. The van der Waals surface area contributed by atoms with Crippen molar-refractivity contribution >= 4 is 15.9 Å². The second-order valence-corrected chi connectivity index (χ2v) is 8.77. The lowest BCUT2D eigenvalue weighted by molar-refractivity contribution is -0.134. The molecule has 1 aromatic rings. The molecular formula is C18H28N2O3S. The molecule has 1 amide bonds. The maximum Gasteiger partial charge on any atom is 0.241 e. The molecule has 6 heteroatoms. The van der Waals surface area contributed by atoms with Crippen LogP contribution in [0.3, 0.4) is 0 Å². The maximum absolute atomic E-state index is 12.9. The molecule has 0 saturated heterocycles. The Morgan fingerprint density at radius 3 is 2.54 bits per heavy atom. The van der Waals surface area contributed by atoms with Crippen molar-refractivity contribution in [1.82, 2.24) is 9.62 Å². The van der Waals surface area contributed by atoms with Crippen LogP contribution < -0.4 is 4.72 Å². The van der Waals surface area contributed by atoms with E-state index in [4.69, 9.17) is 0 Å². The third-order valence-corrected chi connectivity index (χ3v) is 5.83. The zero-order valence-electron chi connectivity index (χ0n) is 14.8. The zero-order chi connectivity index (χ0) is 17.7. The highest BCUT2D eigenvalue weighted by Crippen LogP contribution is 2.20. The number of amides is 1. The summed E-state index contributed by atoms with van der Waals surface area (Å²) in [7, 11) is -3.42. The Kier molecular flexibility index (Phi) is 6.40. The topological polar surface area (TPSA) is 66.5 Å². The molecule has 0 radical (unpaired) electrons. The summed E-state index contributed by atoms with van der Waals surface area (Å²) < 4.78 is 26.9. The van der Waals surface area contributed by atoms with Gasteiger partial charge in [0.15, 0.2) is 0 Å². The second-order valence-electron chi connectivity index (χ2n) is 6.90. The predicted molar refractivity (Wildman–Crippen MR) is 96.0 cm³/mol. The van der Waals surface area contributed by atoms with E-state index >= 15 is 0 Å². The molecule has 2 rings (SSSR count). The summed E-state index contributed by atoms with van der Waals surface area (Å²) in [5, 5.41) is 0. The molecule has 0 aromatic heterocycles. The number of fused-ring (bicyclic) bond motifs is 1. The smallest absolute Gasteiger partial charge is 0.241 e. The number of rotatable bonds is 7. The Morgan fingerprint density at radius 2 is 1.92 bits per heavy atom. The molecule has 1 atom stereocenters. The van der Waals surface area contributed by atoms with Crippen LogP contribution in [0.25, 0.3) is 0 Å². The van der Waals surface area contributed by atoms with Crippen LogP contribution >= 0.6 is 0 Å². The van der Waals surface area contributed by atoms with Crippen molar-refractivity contribution in [3.05, 3.63) is 35.4 Å². The largest absolute Gasteiger partial charge is 0.337 e. The molecule has 0 saturated carbocycles. The molecule has 0 spiro atoms. The van der Waals surface area contributed by atoms with Crippen molar-refractivity contribution in [2.45, 2.75) is 52.6 Å². The van der Waals surface area contributed by atoms with Gasteiger partial charge in [-0.2, -0.15) is 0 Å². The molecule has 0 bridgehead atoms. The molecule has 0 unspecified atom stereocenters. The van der Waals surface area contributed by atoms with E-state index in [0.717, 1.165) is 12.0 Å². The van der Waals surface area contributed by atoms with Gasteiger partial charge in [0.05, 0.1) is 5.75 Å². The fourth-order valence-electron chi connectivity index (χ4n) is 3.12. The highest BCUT2D eigenvalue weighted by molar-refractivity contribution is 7.89. The van der Waals surface area contributed by atoms with Crippen molar-refractivity contribution < 1.29 is 13.2 Å². The zero-order valence-corrected chi connectivity index (χ0v) is 15.6. The Balaban J connectivity index is 2.13. The first-order valence-electron chi connectivity index (χ1n) is 8.68. The van der Waals surface area contributed by atoms with Crippen LogP contribution in [0.2, 0.25) is 0 Å². The minimum Gasteiger partial charge on any atom is -0.337 e. The molecule has 1 heterocycles. The van der Waals surface area contributed by atoms with Crippen LogP contribution in [-0.2, 0) is 27.8 Å². The molecule has 1 N–H and O–H groups in total. The van der Waals surface area contributed by atoms with E-state index in [-0.39, 0.29) is 17.6 Å². The second kappa shape index (κ2) is 8.12. The molecule has 1 aliphatic heterocycles. The van der Waals surface area contributed by atoms with Gasteiger partial charge >= 0.3 is 0 Å². The lowest BCUT2D eigenvalue weighted by atomic mass is 9.98. The minimum atomic E-state index is -3.42. The summed E-state index contributed by atoms with van der Waals surface area (Å²) in [5.74, 6) is 0.177.